The third-order valence-corrected chi connectivity index (χ3v) is 4.40. The second kappa shape index (κ2) is 8.56. The van der Waals surface area contributed by atoms with Crippen LogP contribution in [0.3, 0.4) is 0 Å². The maximum Gasteiger partial charge on any atom is 0.486 e. The molecule has 0 aromatic carbocycles. The molecule has 0 aromatic rings. The van der Waals surface area contributed by atoms with Gasteiger partial charge in [0.2, 0.25) is 0 Å². The molecular weight excluding hydrogens is 319 g/mol. The van der Waals surface area contributed by atoms with E-state index in [0.29, 0.717) is 6.54 Å². The molecule has 0 saturated carbocycles. The number of rotatable bonds is 7. The van der Waals surface area contributed by atoms with Crippen molar-refractivity contribution in [2.75, 3.05) is 26.7 Å². The molecule has 144 valence electrons. The Kier molecular flexibility index (Phi) is 7.53. The molecule has 1 heterocycles. The molecule has 7 heteroatoms. The Bertz CT molecular complexity index is 456. The van der Waals surface area contributed by atoms with E-state index in [2.05, 4.69) is 16.3 Å². The van der Waals surface area contributed by atoms with Crippen LogP contribution < -0.4 is 5.32 Å². The van der Waals surface area contributed by atoms with Gasteiger partial charge in [0.15, 0.2) is 0 Å². The van der Waals surface area contributed by atoms with E-state index >= 15 is 0 Å². The van der Waals surface area contributed by atoms with Crippen molar-refractivity contribution in [3.05, 3.63) is 12.1 Å². The third kappa shape index (κ3) is 7.80. The first-order chi connectivity index (χ1) is 11.3. The van der Waals surface area contributed by atoms with Crippen molar-refractivity contribution in [1.29, 1.82) is 0 Å². The zero-order chi connectivity index (χ0) is 19.3. The smallest absolute Gasteiger partial charge is 0.444 e. The summed E-state index contributed by atoms with van der Waals surface area (Å²) in [5.41, 5.74) is -1.06. The average Bonchev–Trinajstić information content (AvgIpc) is 2.60. The van der Waals surface area contributed by atoms with E-state index in [9.17, 15) is 4.79 Å². The molecule has 1 fully saturated rings. The lowest BCUT2D eigenvalue weighted by molar-refractivity contribution is 0.00578. The molecule has 0 bridgehead atoms. The first kappa shape index (κ1) is 22.0. The second-order valence-electron chi connectivity index (χ2n) is 8.57. The SMILES string of the molecule is CN(CC/C=C/B1OC(C)(C)C(C)(C)O1)CCNC(=O)OC(C)(C)C. The molecule has 1 saturated heterocycles. The Morgan fingerprint density at radius 2 is 1.72 bits per heavy atom. The predicted molar refractivity (Wildman–Crippen MR) is 102 cm³/mol. The molecule has 1 aliphatic heterocycles. The number of likely N-dealkylation sites (N-methyl/N-ethyl adjacent to an activating group) is 1. The first-order valence-corrected chi connectivity index (χ1v) is 9.00. The van der Waals surface area contributed by atoms with Crippen LogP contribution in [0.15, 0.2) is 12.1 Å². The molecule has 0 spiro atoms. The van der Waals surface area contributed by atoms with Crippen LogP contribution in [0.25, 0.3) is 0 Å². The van der Waals surface area contributed by atoms with Crippen LogP contribution in [-0.2, 0) is 14.0 Å². The fourth-order valence-corrected chi connectivity index (χ4v) is 2.24. The van der Waals surface area contributed by atoms with Crippen LogP contribution >= 0.6 is 0 Å². The van der Waals surface area contributed by atoms with Crippen molar-refractivity contribution in [2.24, 2.45) is 0 Å². The zero-order valence-electron chi connectivity index (χ0n) is 17.1. The molecule has 25 heavy (non-hydrogen) atoms. The Balaban J connectivity index is 2.19. The minimum absolute atomic E-state index is 0.288. The summed E-state index contributed by atoms with van der Waals surface area (Å²) < 4.78 is 17.0. The van der Waals surface area contributed by atoms with Crippen molar-refractivity contribution in [3.63, 3.8) is 0 Å². The highest BCUT2D eigenvalue weighted by molar-refractivity contribution is 6.51. The van der Waals surface area contributed by atoms with E-state index < -0.39 is 5.60 Å². The lowest BCUT2D eigenvalue weighted by Crippen LogP contribution is -2.41. The van der Waals surface area contributed by atoms with Crippen LogP contribution in [0.2, 0.25) is 0 Å². The van der Waals surface area contributed by atoms with Gasteiger partial charge in [-0.05, 0) is 61.9 Å². The normalized spacial score (nSPS) is 19.6. The van der Waals surface area contributed by atoms with Crippen molar-refractivity contribution < 1.29 is 18.8 Å². The quantitative estimate of drug-likeness (QED) is 0.712. The predicted octanol–water partition coefficient (Wildman–Crippen LogP) is 3.02. The molecule has 1 amide bonds. The largest absolute Gasteiger partial charge is 0.486 e. The Labute approximate surface area is 153 Å². The summed E-state index contributed by atoms with van der Waals surface area (Å²) in [6.45, 7) is 16.0. The van der Waals surface area contributed by atoms with Crippen LogP contribution in [0.4, 0.5) is 4.79 Å². The highest BCUT2D eigenvalue weighted by Gasteiger charge is 2.49. The first-order valence-electron chi connectivity index (χ1n) is 9.00. The van der Waals surface area contributed by atoms with Gasteiger partial charge < -0.3 is 24.3 Å². The Hall–Kier alpha value is -1.05. The number of carbonyl (C=O) groups is 1. The number of hydrogen-bond donors (Lipinski definition) is 1. The van der Waals surface area contributed by atoms with Gasteiger partial charge in [-0.25, -0.2) is 4.79 Å². The van der Waals surface area contributed by atoms with E-state index in [0.717, 1.165) is 19.5 Å². The molecule has 6 nitrogen and oxygen atoms in total. The van der Waals surface area contributed by atoms with Crippen LogP contribution in [0.1, 0.15) is 54.9 Å². The van der Waals surface area contributed by atoms with Crippen molar-refractivity contribution >= 4 is 13.2 Å². The Morgan fingerprint density at radius 3 is 2.24 bits per heavy atom. The molecule has 0 aromatic heterocycles. The van der Waals surface area contributed by atoms with Gasteiger partial charge in [-0.2, -0.15) is 0 Å². The van der Waals surface area contributed by atoms with Gasteiger partial charge in [-0.3, -0.25) is 0 Å². The fraction of sp³-hybridized carbons (Fsp3) is 0.833. The molecule has 1 N–H and O–H groups in total. The van der Waals surface area contributed by atoms with Gasteiger partial charge in [0.05, 0.1) is 11.2 Å². The van der Waals surface area contributed by atoms with Crippen molar-refractivity contribution in [1.82, 2.24) is 10.2 Å². The molecule has 0 radical (unpaired) electrons. The van der Waals surface area contributed by atoms with Crippen LogP contribution in [0, 0.1) is 0 Å². The highest BCUT2D eigenvalue weighted by Crippen LogP contribution is 2.36. The number of carbonyl (C=O) groups excluding carboxylic acids is 1. The number of ether oxygens (including phenoxy) is 1. The maximum atomic E-state index is 11.6. The molecular formula is C18H35BN2O4. The number of nitrogens with zero attached hydrogens (tertiary/aromatic N) is 1. The molecule has 0 atom stereocenters. The number of hydrogen-bond acceptors (Lipinski definition) is 5. The van der Waals surface area contributed by atoms with Gasteiger partial charge in [0, 0.05) is 19.6 Å². The van der Waals surface area contributed by atoms with E-state index in [1.807, 2.05) is 61.5 Å². The minimum Gasteiger partial charge on any atom is -0.444 e. The highest BCUT2D eigenvalue weighted by atomic mass is 16.7. The summed E-state index contributed by atoms with van der Waals surface area (Å²) >= 11 is 0. The van der Waals surface area contributed by atoms with Gasteiger partial charge in [-0.15, -0.1) is 0 Å². The zero-order valence-corrected chi connectivity index (χ0v) is 17.1. The average molecular weight is 354 g/mol. The van der Waals surface area contributed by atoms with Gasteiger partial charge >= 0.3 is 13.2 Å². The lowest BCUT2D eigenvalue weighted by atomic mass is 9.90. The van der Waals surface area contributed by atoms with Gasteiger partial charge in [0.1, 0.15) is 5.60 Å². The summed E-state index contributed by atoms with van der Waals surface area (Å²) in [6, 6.07) is 0. The number of amides is 1. The van der Waals surface area contributed by atoms with Crippen molar-refractivity contribution in [3.8, 4) is 0 Å². The summed E-state index contributed by atoms with van der Waals surface area (Å²) in [7, 11) is 1.74. The minimum atomic E-state index is -0.464. The summed E-state index contributed by atoms with van der Waals surface area (Å²) in [5, 5.41) is 2.76. The molecule has 0 aliphatic carbocycles. The fourth-order valence-electron chi connectivity index (χ4n) is 2.24. The number of alkyl carbamates (subject to hydrolysis) is 1. The van der Waals surface area contributed by atoms with E-state index in [4.69, 9.17) is 14.0 Å². The van der Waals surface area contributed by atoms with Gasteiger partial charge in [-0.1, -0.05) is 12.1 Å². The maximum absolute atomic E-state index is 11.6. The summed E-state index contributed by atoms with van der Waals surface area (Å²) in [5.74, 6) is 1.98. The summed E-state index contributed by atoms with van der Waals surface area (Å²) in [4.78, 5) is 13.7. The van der Waals surface area contributed by atoms with Gasteiger partial charge in [0.25, 0.3) is 0 Å². The van der Waals surface area contributed by atoms with Crippen LogP contribution in [0.5, 0.6) is 0 Å². The van der Waals surface area contributed by atoms with Crippen molar-refractivity contribution in [2.45, 2.75) is 71.7 Å². The van der Waals surface area contributed by atoms with E-state index in [1.54, 1.807) is 0 Å². The monoisotopic (exact) mass is 354 g/mol. The number of nitrogens with one attached hydrogen (secondary N) is 1. The second-order valence-corrected chi connectivity index (χ2v) is 8.57. The molecule has 1 rings (SSSR count). The van der Waals surface area contributed by atoms with E-state index in [-0.39, 0.29) is 24.4 Å². The summed E-state index contributed by atoms with van der Waals surface area (Å²) in [6.07, 6.45) is 2.61. The van der Waals surface area contributed by atoms with E-state index in [1.165, 1.54) is 0 Å². The topological polar surface area (TPSA) is 60.0 Å². The lowest BCUT2D eigenvalue weighted by Gasteiger charge is -2.32. The molecule has 1 aliphatic rings. The molecule has 0 unspecified atom stereocenters. The Morgan fingerprint density at radius 1 is 1.16 bits per heavy atom. The van der Waals surface area contributed by atoms with Crippen LogP contribution in [-0.4, -0.2) is 61.6 Å². The third-order valence-electron chi connectivity index (χ3n) is 4.40. The standard InChI is InChI=1S/C18H35BN2O4/c1-16(2,3)23-15(22)20-12-14-21(8)13-10-9-11-19-24-17(4,5)18(6,7)25-19/h9,11H,10,12-14H2,1-8H3,(H,20,22)/b11-9+.